The van der Waals surface area contributed by atoms with Gasteiger partial charge in [-0.1, -0.05) is 23.7 Å². The van der Waals surface area contributed by atoms with E-state index >= 15 is 0 Å². The molecule has 1 aromatic heterocycles. The Morgan fingerprint density at radius 1 is 1.41 bits per heavy atom. The molecule has 22 heavy (non-hydrogen) atoms. The van der Waals surface area contributed by atoms with Crippen molar-refractivity contribution in [2.75, 3.05) is 37.8 Å². The summed E-state index contributed by atoms with van der Waals surface area (Å²) in [6, 6.07) is 5.59. The van der Waals surface area contributed by atoms with Crippen molar-refractivity contribution in [2.24, 2.45) is 0 Å². The van der Waals surface area contributed by atoms with E-state index < -0.39 is 0 Å². The zero-order valence-corrected chi connectivity index (χ0v) is 13.1. The Morgan fingerprint density at radius 3 is 2.91 bits per heavy atom. The van der Waals surface area contributed by atoms with E-state index in [9.17, 15) is 4.79 Å². The molecule has 2 aromatic rings. The molecule has 0 radical (unpaired) electrons. The summed E-state index contributed by atoms with van der Waals surface area (Å²) < 4.78 is 10.6. The van der Waals surface area contributed by atoms with Gasteiger partial charge in [0.25, 0.3) is 0 Å². The van der Waals surface area contributed by atoms with Crippen molar-refractivity contribution in [2.45, 2.75) is 6.92 Å². The second-order valence-corrected chi connectivity index (χ2v) is 5.38. The fourth-order valence-electron chi connectivity index (χ4n) is 2.66. The van der Waals surface area contributed by atoms with E-state index in [-0.39, 0.29) is 5.97 Å². The molecule has 0 bridgehead atoms. The Kier molecular flexibility index (Phi) is 4.45. The molecule has 0 spiro atoms. The van der Waals surface area contributed by atoms with Gasteiger partial charge in [-0.05, 0) is 13.0 Å². The van der Waals surface area contributed by atoms with Gasteiger partial charge in [-0.25, -0.2) is 4.79 Å². The van der Waals surface area contributed by atoms with Gasteiger partial charge in [-0.15, -0.1) is 0 Å². The first-order valence-electron chi connectivity index (χ1n) is 7.29. The number of benzene rings is 1. The highest BCUT2D eigenvalue weighted by atomic mass is 35.5. The van der Waals surface area contributed by atoms with E-state index in [0.717, 1.165) is 24.2 Å². The fraction of sp³-hybridized carbons (Fsp3) is 0.375. The summed E-state index contributed by atoms with van der Waals surface area (Å²) in [5, 5.41) is 1.43. The zero-order chi connectivity index (χ0) is 15.5. The van der Waals surface area contributed by atoms with Crippen molar-refractivity contribution in [3.8, 4) is 0 Å². The van der Waals surface area contributed by atoms with Gasteiger partial charge in [-0.3, -0.25) is 4.98 Å². The fourth-order valence-corrected chi connectivity index (χ4v) is 2.88. The van der Waals surface area contributed by atoms with Gasteiger partial charge in [0.2, 0.25) is 0 Å². The molecule has 1 fully saturated rings. The number of ether oxygens (including phenoxy) is 2. The number of carbonyl (C=O) groups is 1. The Balaban J connectivity index is 2.19. The molecular formula is C16H17ClN2O3. The van der Waals surface area contributed by atoms with Crippen LogP contribution < -0.4 is 4.90 Å². The summed E-state index contributed by atoms with van der Waals surface area (Å²) >= 11 is 6.24. The van der Waals surface area contributed by atoms with Crippen LogP contribution in [0.15, 0.2) is 24.4 Å². The maximum Gasteiger partial charge on any atom is 0.341 e. The smallest absolute Gasteiger partial charge is 0.341 e. The molecule has 0 atom stereocenters. The standard InChI is InChI=1S/C16H17ClN2O3/c1-2-22-16(20)12-10-18-14-11(4-3-5-13(14)17)15(12)19-6-8-21-9-7-19/h3-5,10H,2,6-9H2,1H3. The number of nitrogens with zero attached hydrogens (tertiary/aromatic N) is 2. The first-order valence-corrected chi connectivity index (χ1v) is 7.67. The van der Waals surface area contributed by atoms with Crippen molar-refractivity contribution < 1.29 is 14.3 Å². The SMILES string of the molecule is CCOC(=O)c1cnc2c(Cl)cccc2c1N1CCOCC1. The highest BCUT2D eigenvalue weighted by Gasteiger charge is 2.23. The summed E-state index contributed by atoms with van der Waals surface area (Å²) in [4.78, 5) is 18.8. The van der Waals surface area contributed by atoms with Crippen molar-refractivity contribution in [1.82, 2.24) is 4.98 Å². The number of aromatic nitrogens is 1. The van der Waals surface area contributed by atoms with E-state index in [1.165, 1.54) is 0 Å². The van der Waals surface area contributed by atoms with Crippen LogP contribution in [0.1, 0.15) is 17.3 Å². The van der Waals surface area contributed by atoms with E-state index in [0.29, 0.717) is 35.9 Å². The average Bonchev–Trinajstić information content (AvgIpc) is 2.55. The van der Waals surface area contributed by atoms with Crippen LogP contribution >= 0.6 is 11.6 Å². The number of halogens is 1. The molecule has 0 unspecified atom stereocenters. The number of morpholine rings is 1. The first kappa shape index (κ1) is 15.1. The molecule has 1 saturated heterocycles. The van der Waals surface area contributed by atoms with Crippen LogP contribution in [-0.2, 0) is 9.47 Å². The highest BCUT2D eigenvalue weighted by molar-refractivity contribution is 6.35. The summed E-state index contributed by atoms with van der Waals surface area (Å²) in [7, 11) is 0. The lowest BCUT2D eigenvalue weighted by Gasteiger charge is -2.31. The van der Waals surface area contributed by atoms with Gasteiger partial charge < -0.3 is 14.4 Å². The molecule has 0 saturated carbocycles. The molecule has 5 nitrogen and oxygen atoms in total. The Bertz CT molecular complexity index is 699. The van der Waals surface area contributed by atoms with Crippen LogP contribution in [0.5, 0.6) is 0 Å². The van der Waals surface area contributed by atoms with Crippen molar-refractivity contribution in [1.29, 1.82) is 0 Å². The number of hydrogen-bond donors (Lipinski definition) is 0. The molecule has 1 aliphatic rings. The van der Waals surface area contributed by atoms with Crippen LogP contribution in [0, 0.1) is 0 Å². The van der Waals surface area contributed by atoms with Crippen molar-refractivity contribution >= 4 is 34.2 Å². The molecule has 1 aromatic carbocycles. The van der Waals surface area contributed by atoms with Crippen LogP contribution in [-0.4, -0.2) is 43.9 Å². The van der Waals surface area contributed by atoms with Crippen LogP contribution in [0.25, 0.3) is 10.9 Å². The molecule has 0 N–H and O–H groups in total. The van der Waals surface area contributed by atoms with Crippen LogP contribution in [0.2, 0.25) is 5.02 Å². The molecule has 1 aliphatic heterocycles. The van der Waals surface area contributed by atoms with Gasteiger partial charge in [0.05, 0.1) is 36.0 Å². The largest absolute Gasteiger partial charge is 0.462 e. The predicted molar refractivity (Wildman–Crippen MR) is 85.7 cm³/mol. The lowest BCUT2D eigenvalue weighted by molar-refractivity contribution is 0.0526. The number of hydrogen-bond acceptors (Lipinski definition) is 5. The van der Waals surface area contributed by atoms with Gasteiger partial charge in [0.1, 0.15) is 5.56 Å². The predicted octanol–water partition coefficient (Wildman–Crippen LogP) is 2.90. The summed E-state index contributed by atoms with van der Waals surface area (Å²) in [5.74, 6) is -0.363. The quantitative estimate of drug-likeness (QED) is 0.814. The van der Waals surface area contributed by atoms with E-state index in [1.54, 1.807) is 19.2 Å². The number of esters is 1. The minimum absolute atomic E-state index is 0.328. The number of fused-ring (bicyclic) bond motifs is 1. The minimum Gasteiger partial charge on any atom is -0.462 e. The third-order valence-corrected chi connectivity index (χ3v) is 3.95. The summed E-state index contributed by atoms with van der Waals surface area (Å²) in [5.41, 5.74) is 1.99. The first-order chi connectivity index (χ1) is 10.7. The van der Waals surface area contributed by atoms with Gasteiger partial charge >= 0.3 is 5.97 Å². The zero-order valence-electron chi connectivity index (χ0n) is 12.3. The van der Waals surface area contributed by atoms with Crippen molar-refractivity contribution in [3.63, 3.8) is 0 Å². The van der Waals surface area contributed by atoms with Crippen LogP contribution in [0.4, 0.5) is 5.69 Å². The van der Waals surface area contributed by atoms with E-state index in [2.05, 4.69) is 9.88 Å². The Labute approximate surface area is 133 Å². The lowest BCUT2D eigenvalue weighted by atomic mass is 10.1. The summed E-state index contributed by atoms with van der Waals surface area (Å²) in [6.07, 6.45) is 1.55. The topological polar surface area (TPSA) is 51.7 Å². The second-order valence-electron chi connectivity index (χ2n) is 4.98. The van der Waals surface area contributed by atoms with E-state index in [1.807, 2.05) is 12.1 Å². The normalized spacial score (nSPS) is 15.1. The number of carbonyl (C=O) groups excluding carboxylic acids is 1. The molecule has 6 heteroatoms. The average molecular weight is 321 g/mol. The third-order valence-electron chi connectivity index (χ3n) is 3.64. The lowest BCUT2D eigenvalue weighted by Crippen LogP contribution is -2.37. The van der Waals surface area contributed by atoms with Gasteiger partial charge in [0, 0.05) is 24.7 Å². The minimum atomic E-state index is -0.363. The monoisotopic (exact) mass is 320 g/mol. The maximum atomic E-state index is 12.3. The molecule has 0 amide bonds. The third kappa shape index (κ3) is 2.74. The second kappa shape index (κ2) is 6.50. The van der Waals surface area contributed by atoms with E-state index in [4.69, 9.17) is 21.1 Å². The summed E-state index contributed by atoms with van der Waals surface area (Å²) in [6.45, 7) is 4.82. The van der Waals surface area contributed by atoms with Gasteiger partial charge in [0.15, 0.2) is 0 Å². The molecule has 0 aliphatic carbocycles. The van der Waals surface area contributed by atoms with Gasteiger partial charge in [-0.2, -0.15) is 0 Å². The van der Waals surface area contributed by atoms with Crippen molar-refractivity contribution in [3.05, 3.63) is 35.0 Å². The maximum absolute atomic E-state index is 12.3. The Hall–Kier alpha value is -1.85. The number of pyridine rings is 1. The molecule has 2 heterocycles. The highest BCUT2D eigenvalue weighted by Crippen LogP contribution is 2.33. The molecule has 3 rings (SSSR count). The molecular weight excluding hydrogens is 304 g/mol. The Morgan fingerprint density at radius 2 is 2.18 bits per heavy atom. The number of rotatable bonds is 3. The van der Waals surface area contributed by atoms with Crippen LogP contribution in [0.3, 0.4) is 0 Å². The molecule has 116 valence electrons. The number of anilines is 1. The number of para-hydroxylation sites is 1.